The van der Waals surface area contributed by atoms with Gasteiger partial charge >= 0.3 is 6.03 Å². The average molecular weight is 340 g/mol. The van der Waals surface area contributed by atoms with Gasteiger partial charge < -0.3 is 19.9 Å². The summed E-state index contributed by atoms with van der Waals surface area (Å²) >= 11 is 3.48. The van der Waals surface area contributed by atoms with Crippen LogP contribution in [0.4, 0.5) is 4.79 Å². The lowest BCUT2D eigenvalue weighted by Gasteiger charge is -2.28. The maximum absolute atomic E-state index is 12.3. The third kappa shape index (κ3) is 2.50. The molecule has 0 aromatic heterocycles. The summed E-state index contributed by atoms with van der Waals surface area (Å²) in [5, 5.41) is 3.34. The number of methoxy groups -OCH3 is 1. The highest BCUT2D eigenvalue weighted by Crippen LogP contribution is 2.27. The molecule has 2 saturated heterocycles. The van der Waals surface area contributed by atoms with Gasteiger partial charge in [-0.25, -0.2) is 4.79 Å². The molecule has 0 saturated carbocycles. The summed E-state index contributed by atoms with van der Waals surface area (Å²) in [6, 6.07) is 6.42. The van der Waals surface area contributed by atoms with Crippen LogP contribution in [0.3, 0.4) is 0 Å². The maximum Gasteiger partial charge on any atom is 0.320 e. The molecule has 0 spiro atoms. The zero-order chi connectivity index (χ0) is 14.1. The molecular formula is C14H18BrN3O2. The number of nitrogens with zero attached hydrogens (tertiary/aromatic N) is 2. The van der Waals surface area contributed by atoms with Crippen LogP contribution < -0.4 is 10.1 Å². The van der Waals surface area contributed by atoms with Crippen molar-refractivity contribution < 1.29 is 9.53 Å². The van der Waals surface area contributed by atoms with Crippen LogP contribution >= 0.6 is 15.9 Å². The first-order valence-electron chi connectivity index (χ1n) is 6.77. The van der Waals surface area contributed by atoms with Gasteiger partial charge in [-0.3, -0.25) is 0 Å². The highest BCUT2D eigenvalue weighted by Gasteiger charge is 2.38. The minimum absolute atomic E-state index is 0.156. The Kier molecular flexibility index (Phi) is 3.85. The minimum atomic E-state index is 0.156. The van der Waals surface area contributed by atoms with E-state index in [1.807, 2.05) is 28.0 Å². The molecule has 5 nitrogen and oxygen atoms in total. The van der Waals surface area contributed by atoms with E-state index in [9.17, 15) is 4.79 Å². The number of carbonyl (C=O) groups excluding carboxylic acids is 1. The number of benzene rings is 1. The van der Waals surface area contributed by atoms with E-state index in [0.717, 1.165) is 42.0 Å². The van der Waals surface area contributed by atoms with Crippen LogP contribution in [0.1, 0.15) is 5.56 Å². The lowest BCUT2D eigenvalue weighted by molar-refractivity contribution is 0.178. The number of urea groups is 1. The molecule has 0 aliphatic carbocycles. The number of ether oxygens (including phenoxy) is 1. The van der Waals surface area contributed by atoms with E-state index in [4.69, 9.17) is 4.74 Å². The van der Waals surface area contributed by atoms with Crippen molar-refractivity contribution in [3.63, 3.8) is 0 Å². The summed E-state index contributed by atoms with van der Waals surface area (Å²) < 4.78 is 6.14. The zero-order valence-electron chi connectivity index (χ0n) is 11.4. The first-order chi connectivity index (χ1) is 9.69. The molecule has 1 aromatic rings. The van der Waals surface area contributed by atoms with Gasteiger partial charge in [0.2, 0.25) is 0 Å². The Labute approximate surface area is 127 Å². The molecular weight excluding hydrogens is 322 g/mol. The van der Waals surface area contributed by atoms with Crippen LogP contribution in [0.15, 0.2) is 22.7 Å². The van der Waals surface area contributed by atoms with Crippen molar-refractivity contribution in [2.24, 2.45) is 0 Å². The van der Waals surface area contributed by atoms with Crippen LogP contribution in [0.2, 0.25) is 0 Å². The summed E-state index contributed by atoms with van der Waals surface area (Å²) in [6.07, 6.45) is 0. The topological polar surface area (TPSA) is 44.8 Å². The van der Waals surface area contributed by atoms with Crippen molar-refractivity contribution in [1.29, 1.82) is 0 Å². The van der Waals surface area contributed by atoms with E-state index < -0.39 is 0 Å². The first kappa shape index (κ1) is 13.7. The SMILES string of the molecule is COc1ccc(CN2CC3CNCCN3C2=O)cc1Br. The van der Waals surface area contributed by atoms with Crippen LogP contribution in [0, 0.1) is 0 Å². The van der Waals surface area contributed by atoms with E-state index in [1.54, 1.807) is 7.11 Å². The van der Waals surface area contributed by atoms with Gasteiger partial charge in [-0.1, -0.05) is 6.07 Å². The van der Waals surface area contributed by atoms with Crippen molar-refractivity contribution in [3.05, 3.63) is 28.2 Å². The number of hydrogen-bond donors (Lipinski definition) is 1. The van der Waals surface area contributed by atoms with Crippen molar-refractivity contribution in [3.8, 4) is 5.75 Å². The molecule has 1 N–H and O–H groups in total. The molecule has 3 rings (SSSR count). The number of amides is 2. The van der Waals surface area contributed by atoms with Gasteiger partial charge in [-0.15, -0.1) is 0 Å². The smallest absolute Gasteiger partial charge is 0.320 e. The molecule has 108 valence electrons. The van der Waals surface area contributed by atoms with Crippen LogP contribution in [0.25, 0.3) is 0 Å². The molecule has 2 aliphatic rings. The van der Waals surface area contributed by atoms with Crippen molar-refractivity contribution in [2.75, 3.05) is 33.3 Å². The number of hydrogen-bond acceptors (Lipinski definition) is 3. The standard InChI is InChI=1S/C14H18BrN3O2/c1-20-13-3-2-10(6-12(13)15)8-17-9-11-7-16-4-5-18(11)14(17)19/h2-3,6,11,16H,4-5,7-9H2,1H3. The summed E-state index contributed by atoms with van der Waals surface area (Å²) in [7, 11) is 1.65. The van der Waals surface area contributed by atoms with E-state index in [1.165, 1.54) is 0 Å². The quantitative estimate of drug-likeness (QED) is 0.910. The molecule has 2 aliphatic heterocycles. The van der Waals surface area contributed by atoms with E-state index >= 15 is 0 Å². The zero-order valence-corrected chi connectivity index (χ0v) is 13.0. The van der Waals surface area contributed by atoms with Crippen LogP contribution in [-0.4, -0.2) is 55.2 Å². The Bertz CT molecular complexity index is 523. The van der Waals surface area contributed by atoms with Crippen LogP contribution in [0.5, 0.6) is 5.75 Å². The number of rotatable bonds is 3. The number of fused-ring (bicyclic) bond motifs is 1. The summed E-state index contributed by atoms with van der Waals surface area (Å²) in [4.78, 5) is 16.2. The second kappa shape index (κ2) is 5.61. The molecule has 1 aromatic carbocycles. The Morgan fingerprint density at radius 2 is 2.35 bits per heavy atom. The monoisotopic (exact) mass is 339 g/mol. The Morgan fingerprint density at radius 1 is 1.50 bits per heavy atom. The lowest BCUT2D eigenvalue weighted by Crippen LogP contribution is -2.49. The first-order valence-corrected chi connectivity index (χ1v) is 7.57. The molecule has 1 atom stereocenters. The normalized spacial score (nSPS) is 22.1. The van der Waals surface area contributed by atoms with Gasteiger partial charge in [-0.2, -0.15) is 0 Å². The largest absolute Gasteiger partial charge is 0.496 e. The minimum Gasteiger partial charge on any atom is -0.496 e. The fourth-order valence-corrected chi connectivity index (χ4v) is 3.44. The fourth-order valence-electron chi connectivity index (χ4n) is 2.85. The van der Waals surface area contributed by atoms with E-state index in [2.05, 4.69) is 21.2 Å². The highest BCUT2D eigenvalue weighted by molar-refractivity contribution is 9.10. The highest BCUT2D eigenvalue weighted by atomic mass is 79.9. The predicted octanol–water partition coefficient (Wildman–Crippen LogP) is 1.67. The average Bonchev–Trinajstić information content (AvgIpc) is 2.76. The molecule has 2 amide bonds. The molecule has 0 radical (unpaired) electrons. The van der Waals surface area contributed by atoms with Crippen molar-refractivity contribution in [1.82, 2.24) is 15.1 Å². The van der Waals surface area contributed by atoms with Crippen LogP contribution in [-0.2, 0) is 6.54 Å². The number of halogens is 1. The number of carbonyl (C=O) groups is 1. The van der Waals surface area contributed by atoms with E-state index in [-0.39, 0.29) is 6.03 Å². The lowest BCUT2D eigenvalue weighted by atomic mass is 10.2. The third-order valence-corrected chi connectivity index (χ3v) is 4.51. The molecule has 6 heteroatoms. The molecule has 2 heterocycles. The van der Waals surface area contributed by atoms with Crippen molar-refractivity contribution >= 4 is 22.0 Å². The summed E-state index contributed by atoms with van der Waals surface area (Å²) in [5.41, 5.74) is 1.11. The van der Waals surface area contributed by atoms with Gasteiger partial charge in [0.05, 0.1) is 17.6 Å². The van der Waals surface area contributed by atoms with Gasteiger partial charge in [0, 0.05) is 32.7 Å². The number of nitrogens with one attached hydrogen (secondary N) is 1. The molecule has 1 unspecified atom stereocenters. The van der Waals surface area contributed by atoms with E-state index in [0.29, 0.717) is 12.6 Å². The maximum atomic E-state index is 12.3. The van der Waals surface area contributed by atoms with Gasteiger partial charge in [-0.05, 0) is 33.6 Å². The molecule has 0 bridgehead atoms. The van der Waals surface area contributed by atoms with Gasteiger partial charge in [0.15, 0.2) is 0 Å². The second-order valence-corrected chi connectivity index (χ2v) is 6.04. The fraction of sp³-hybridized carbons (Fsp3) is 0.500. The Balaban J connectivity index is 1.72. The molecule has 2 fully saturated rings. The Morgan fingerprint density at radius 3 is 3.05 bits per heavy atom. The predicted molar refractivity (Wildman–Crippen MR) is 79.9 cm³/mol. The van der Waals surface area contributed by atoms with Gasteiger partial charge in [0.1, 0.15) is 5.75 Å². The second-order valence-electron chi connectivity index (χ2n) is 5.18. The Hall–Kier alpha value is -1.27. The van der Waals surface area contributed by atoms with Gasteiger partial charge in [0.25, 0.3) is 0 Å². The molecule has 20 heavy (non-hydrogen) atoms. The number of piperazine rings is 1. The third-order valence-electron chi connectivity index (χ3n) is 3.89. The summed E-state index contributed by atoms with van der Waals surface area (Å²) in [5.74, 6) is 0.808. The van der Waals surface area contributed by atoms with Crippen molar-refractivity contribution in [2.45, 2.75) is 12.6 Å². The summed E-state index contributed by atoms with van der Waals surface area (Å²) in [6.45, 7) is 4.05.